The summed E-state index contributed by atoms with van der Waals surface area (Å²) in [6.07, 6.45) is 3.67. The number of nitrogens with one attached hydrogen (secondary N) is 1. The zero-order chi connectivity index (χ0) is 14.8. The Balaban J connectivity index is 2.03. The first-order valence-corrected chi connectivity index (χ1v) is 6.48. The summed E-state index contributed by atoms with van der Waals surface area (Å²) in [6, 6.07) is 8.81. The molecule has 0 aliphatic heterocycles. The van der Waals surface area contributed by atoms with Crippen molar-refractivity contribution in [2.24, 2.45) is 11.7 Å². The van der Waals surface area contributed by atoms with Gasteiger partial charge in [-0.25, -0.2) is 0 Å². The first-order chi connectivity index (χ1) is 9.41. The number of amides is 1. The highest BCUT2D eigenvalue weighted by Crippen LogP contribution is 2.21. The van der Waals surface area contributed by atoms with Gasteiger partial charge in [0.05, 0.1) is 5.92 Å². The molecular formula is C15H18N2O3. The minimum atomic E-state index is -1.14. The minimum Gasteiger partial charge on any atom is -0.481 e. The Labute approximate surface area is 117 Å². The molecule has 3 unspecified atom stereocenters. The van der Waals surface area contributed by atoms with E-state index < -0.39 is 17.4 Å². The van der Waals surface area contributed by atoms with E-state index in [0.29, 0.717) is 12.0 Å². The van der Waals surface area contributed by atoms with Gasteiger partial charge in [0.1, 0.15) is 5.54 Å². The highest BCUT2D eigenvalue weighted by atomic mass is 16.4. The maximum absolute atomic E-state index is 12.3. The fourth-order valence-electron chi connectivity index (χ4n) is 2.22. The van der Waals surface area contributed by atoms with Crippen LogP contribution in [0, 0.1) is 5.92 Å². The van der Waals surface area contributed by atoms with E-state index in [1.54, 1.807) is 31.2 Å². The SMILES string of the molecule is CC(N)(C(=O)NC1C=CC(C(=O)O)C1)c1ccccc1. The number of hydrogen-bond acceptors (Lipinski definition) is 3. The van der Waals surface area contributed by atoms with Crippen molar-refractivity contribution < 1.29 is 14.7 Å². The maximum atomic E-state index is 12.3. The molecule has 0 saturated carbocycles. The predicted octanol–water partition coefficient (Wildman–Crippen LogP) is 1.01. The van der Waals surface area contributed by atoms with Gasteiger partial charge in [-0.05, 0) is 18.9 Å². The van der Waals surface area contributed by atoms with Crippen molar-refractivity contribution in [3.63, 3.8) is 0 Å². The summed E-state index contributed by atoms with van der Waals surface area (Å²) in [7, 11) is 0. The number of carbonyl (C=O) groups excluding carboxylic acids is 1. The highest BCUT2D eigenvalue weighted by Gasteiger charge is 2.33. The molecule has 2 rings (SSSR count). The number of carboxylic acids is 1. The van der Waals surface area contributed by atoms with E-state index in [1.165, 1.54) is 0 Å². The second kappa shape index (κ2) is 5.46. The fraction of sp³-hybridized carbons (Fsp3) is 0.333. The van der Waals surface area contributed by atoms with Crippen LogP contribution in [0.2, 0.25) is 0 Å². The van der Waals surface area contributed by atoms with E-state index in [2.05, 4.69) is 5.32 Å². The maximum Gasteiger partial charge on any atom is 0.310 e. The van der Waals surface area contributed by atoms with Crippen LogP contribution in [0.5, 0.6) is 0 Å². The lowest BCUT2D eigenvalue weighted by Crippen LogP contribution is -2.51. The first kappa shape index (κ1) is 14.3. The van der Waals surface area contributed by atoms with Gasteiger partial charge in [-0.3, -0.25) is 9.59 Å². The Morgan fingerprint density at radius 3 is 2.50 bits per heavy atom. The number of benzene rings is 1. The molecule has 0 fully saturated rings. The average Bonchev–Trinajstić information content (AvgIpc) is 2.88. The second-order valence-corrected chi connectivity index (χ2v) is 5.21. The van der Waals surface area contributed by atoms with Crippen molar-refractivity contribution in [1.82, 2.24) is 5.32 Å². The molecule has 0 heterocycles. The summed E-state index contributed by atoms with van der Waals surface area (Å²) in [5.74, 6) is -1.73. The van der Waals surface area contributed by atoms with Gasteiger partial charge in [-0.2, -0.15) is 0 Å². The number of carbonyl (C=O) groups is 2. The standard InChI is InChI=1S/C15H18N2O3/c1-15(16,11-5-3-2-4-6-11)14(20)17-12-8-7-10(9-12)13(18)19/h2-8,10,12H,9,16H2,1H3,(H,17,20)(H,18,19). The molecule has 5 nitrogen and oxygen atoms in total. The lowest BCUT2D eigenvalue weighted by atomic mass is 9.92. The molecule has 1 aliphatic carbocycles. The number of rotatable bonds is 4. The zero-order valence-electron chi connectivity index (χ0n) is 11.2. The highest BCUT2D eigenvalue weighted by molar-refractivity contribution is 5.87. The average molecular weight is 274 g/mol. The summed E-state index contributed by atoms with van der Waals surface area (Å²) in [4.78, 5) is 23.1. The van der Waals surface area contributed by atoms with Gasteiger partial charge in [0.25, 0.3) is 0 Å². The molecule has 1 aromatic carbocycles. The second-order valence-electron chi connectivity index (χ2n) is 5.21. The Bertz CT molecular complexity index is 537. The smallest absolute Gasteiger partial charge is 0.310 e. The van der Waals surface area contributed by atoms with Crippen LogP contribution in [-0.4, -0.2) is 23.0 Å². The van der Waals surface area contributed by atoms with Crippen LogP contribution in [-0.2, 0) is 15.1 Å². The molecule has 0 saturated heterocycles. The van der Waals surface area contributed by atoms with Gasteiger partial charge in [0, 0.05) is 6.04 Å². The van der Waals surface area contributed by atoms with Gasteiger partial charge >= 0.3 is 5.97 Å². The van der Waals surface area contributed by atoms with Crippen LogP contribution in [0.25, 0.3) is 0 Å². The molecule has 0 aromatic heterocycles. The van der Waals surface area contributed by atoms with Crippen LogP contribution >= 0.6 is 0 Å². The van der Waals surface area contributed by atoms with E-state index in [4.69, 9.17) is 10.8 Å². The van der Waals surface area contributed by atoms with Crippen LogP contribution in [0.15, 0.2) is 42.5 Å². The van der Waals surface area contributed by atoms with Gasteiger partial charge in [-0.15, -0.1) is 0 Å². The largest absolute Gasteiger partial charge is 0.481 e. The van der Waals surface area contributed by atoms with Crippen molar-refractivity contribution >= 4 is 11.9 Å². The molecule has 4 N–H and O–H groups in total. The lowest BCUT2D eigenvalue weighted by molar-refractivity contribution is -0.140. The third-order valence-corrected chi connectivity index (χ3v) is 3.56. The lowest BCUT2D eigenvalue weighted by Gasteiger charge is -2.26. The van der Waals surface area contributed by atoms with E-state index in [-0.39, 0.29) is 11.9 Å². The Kier molecular flexibility index (Phi) is 3.90. The number of nitrogens with two attached hydrogens (primary N) is 1. The third-order valence-electron chi connectivity index (χ3n) is 3.56. The molecule has 106 valence electrons. The van der Waals surface area contributed by atoms with Crippen LogP contribution in [0.3, 0.4) is 0 Å². The zero-order valence-corrected chi connectivity index (χ0v) is 11.2. The van der Waals surface area contributed by atoms with Gasteiger partial charge in [0.2, 0.25) is 5.91 Å². The topological polar surface area (TPSA) is 92.4 Å². The molecule has 3 atom stereocenters. The monoisotopic (exact) mass is 274 g/mol. The number of hydrogen-bond donors (Lipinski definition) is 3. The van der Waals surface area contributed by atoms with Crippen molar-refractivity contribution in [3.05, 3.63) is 48.0 Å². The van der Waals surface area contributed by atoms with Gasteiger partial charge in [0.15, 0.2) is 0 Å². The molecule has 5 heteroatoms. The predicted molar refractivity (Wildman–Crippen MR) is 74.8 cm³/mol. The van der Waals surface area contributed by atoms with Crippen molar-refractivity contribution in [2.45, 2.75) is 24.9 Å². The summed E-state index contributed by atoms with van der Waals surface area (Å²) in [5.41, 5.74) is 5.68. The summed E-state index contributed by atoms with van der Waals surface area (Å²) in [6.45, 7) is 1.64. The molecule has 0 radical (unpaired) electrons. The van der Waals surface area contributed by atoms with Crippen molar-refractivity contribution in [1.29, 1.82) is 0 Å². The minimum absolute atomic E-state index is 0.282. The Morgan fingerprint density at radius 2 is 1.95 bits per heavy atom. The molecule has 20 heavy (non-hydrogen) atoms. The third kappa shape index (κ3) is 2.88. The Morgan fingerprint density at radius 1 is 1.30 bits per heavy atom. The van der Waals surface area contributed by atoms with E-state index >= 15 is 0 Å². The van der Waals surface area contributed by atoms with E-state index in [1.807, 2.05) is 18.2 Å². The summed E-state index contributed by atoms with van der Waals surface area (Å²) >= 11 is 0. The quantitative estimate of drug-likeness (QED) is 0.714. The number of aliphatic carboxylic acids is 1. The van der Waals surface area contributed by atoms with Crippen molar-refractivity contribution in [2.75, 3.05) is 0 Å². The van der Waals surface area contributed by atoms with Crippen LogP contribution in [0.4, 0.5) is 0 Å². The fourth-order valence-corrected chi connectivity index (χ4v) is 2.22. The molecule has 1 aromatic rings. The molecular weight excluding hydrogens is 256 g/mol. The molecule has 1 aliphatic rings. The van der Waals surface area contributed by atoms with E-state index in [0.717, 1.165) is 0 Å². The number of carboxylic acid groups (broad SMARTS) is 1. The molecule has 0 bridgehead atoms. The Hall–Kier alpha value is -2.14. The van der Waals surface area contributed by atoms with Gasteiger partial charge < -0.3 is 16.2 Å². The molecule has 0 spiro atoms. The van der Waals surface area contributed by atoms with Crippen LogP contribution < -0.4 is 11.1 Å². The van der Waals surface area contributed by atoms with Crippen molar-refractivity contribution in [3.8, 4) is 0 Å². The van der Waals surface area contributed by atoms with Gasteiger partial charge in [-0.1, -0.05) is 42.5 Å². The normalized spacial score (nSPS) is 24.1. The first-order valence-electron chi connectivity index (χ1n) is 6.48. The molecule has 1 amide bonds. The summed E-state index contributed by atoms with van der Waals surface area (Å²) < 4.78 is 0. The summed E-state index contributed by atoms with van der Waals surface area (Å²) in [5, 5.41) is 11.7. The van der Waals surface area contributed by atoms with E-state index in [9.17, 15) is 9.59 Å². The van der Waals surface area contributed by atoms with Crippen LogP contribution in [0.1, 0.15) is 18.9 Å².